The Kier molecular flexibility index (Phi) is 11.4. The van der Waals surface area contributed by atoms with Gasteiger partial charge in [-0.25, -0.2) is 0 Å². The Morgan fingerprint density at radius 2 is 0.733 bits per heavy atom. The van der Waals surface area contributed by atoms with E-state index in [4.69, 9.17) is 26.2 Å². The molecule has 7 nitrogen and oxygen atoms in total. The van der Waals surface area contributed by atoms with Crippen molar-refractivity contribution in [3.8, 4) is 0 Å². The standard InChI is InChI=1S/C12H27O4Si.3C3H7O.Ti/c1-10(2,3)14-17(13,15-11(4,5)6)16-12(7,8)9;3*1-3(2)4;/h1-9H3;3*3H,1-2H3;/q4*-1;+4. The zero-order valence-corrected chi connectivity index (χ0v) is 24.7. The van der Waals surface area contributed by atoms with Crippen molar-refractivity contribution in [3.63, 3.8) is 0 Å². The summed E-state index contributed by atoms with van der Waals surface area (Å²) in [5, 5.41) is 0. The zero-order chi connectivity index (χ0) is 24.2. The third-order valence-electron chi connectivity index (χ3n) is 2.68. The van der Waals surface area contributed by atoms with Crippen LogP contribution >= 0.6 is 0 Å². The predicted octanol–water partition coefficient (Wildman–Crippen LogP) is 5.97. The summed E-state index contributed by atoms with van der Waals surface area (Å²) in [6.07, 6.45) is -0.519. The van der Waals surface area contributed by atoms with Crippen molar-refractivity contribution < 1.29 is 44.4 Å². The summed E-state index contributed by atoms with van der Waals surface area (Å²) in [6.45, 7) is 29.1. The first-order valence-electron chi connectivity index (χ1n) is 10.9. The summed E-state index contributed by atoms with van der Waals surface area (Å²) in [4.78, 5) is 0. The number of rotatable bonds is 11. The van der Waals surface area contributed by atoms with Gasteiger partial charge in [-0.3, -0.25) is 0 Å². The third kappa shape index (κ3) is 13.9. The van der Waals surface area contributed by atoms with Crippen molar-refractivity contribution in [1.82, 2.24) is 0 Å². The van der Waals surface area contributed by atoms with Crippen molar-refractivity contribution in [1.29, 1.82) is 0 Å². The molecular weight excluding hydrogens is 440 g/mol. The average molecular weight is 489 g/mol. The van der Waals surface area contributed by atoms with E-state index in [1.54, 1.807) is 0 Å². The van der Waals surface area contributed by atoms with Crippen LogP contribution in [0.25, 0.3) is 0 Å². The quantitative estimate of drug-likeness (QED) is 0.332. The van der Waals surface area contributed by atoms with Crippen LogP contribution in [0.3, 0.4) is 0 Å². The van der Waals surface area contributed by atoms with Crippen LogP contribution in [0.1, 0.15) is 104 Å². The van der Waals surface area contributed by atoms with Gasteiger partial charge in [0.15, 0.2) is 0 Å². The molecule has 0 heterocycles. The van der Waals surface area contributed by atoms with E-state index in [0.29, 0.717) is 0 Å². The van der Waals surface area contributed by atoms with Crippen LogP contribution in [0.4, 0.5) is 0 Å². The monoisotopic (exact) mass is 488 g/mol. The molecule has 0 spiro atoms. The van der Waals surface area contributed by atoms with Crippen LogP contribution in [0, 0.1) is 0 Å². The summed E-state index contributed by atoms with van der Waals surface area (Å²) in [6, 6.07) is 0. The van der Waals surface area contributed by atoms with Gasteiger partial charge >= 0.3 is 192 Å². The van der Waals surface area contributed by atoms with Crippen molar-refractivity contribution in [3.05, 3.63) is 0 Å². The van der Waals surface area contributed by atoms with Crippen LogP contribution in [-0.2, 0) is 44.4 Å². The molecule has 0 aliphatic heterocycles. The molecule has 0 bridgehead atoms. The molecule has 0 aliphatic rings. The van der Waals surface area contributed by atoms with Crippen molar-refractivity contribution >= 4 is 9.05 Å². The Hall–Kier alpha value is 0.651. The molecule has 0 aromatic heterocycles. The van der Waals surface area contributed by atoms with Gasteiger partial charge in [0.25, 0.3) is 0 Å². The SMILES string of the molecule is CC(C)[O][Ti]([O]C(C)C)([O]C(C)C)[O][Si](OC(C)(C)C)(OC(C)(C)C)OC(C)(C)C. The average Bonchev–Trinajstić information content (AvgIpc) is 2.25. The third-order valence-corrected chi connectivity index (χ3v) is 11.7. The van der Waals surface area contributed by atoms with Gasteiger partial charge in [-0.15, -0.1) is 0 Å². The van der Waals surface area contributed by atoms with Crippen LogP contribution in [0.5, 0.6) is 0 Å². The fourth-order valence-corrected chi connectivity index (χ4v) is 11.0. The summed E-state index contributed by atoms with van der Waals surface area (Å²) in [7, 11) is -3.83. The minimum absolute atomic E-state index is 0.173. The van der Waals surface area contributed by atoms with E-state index in [2.05, 4.69) is 0 Å². The van der Waals surface area contributed by atoms with E-state index >= 15 is 0 Å². The Labute approximate surface area is 192 Å². The predicted molar refractivity (Wildman–Crippen MR) is 118 cm³/mol. The molecule has 9 heteroatoms. The Morgan fingerprint density at radius 3 is 0.900 bits per heavy atom. The van der Waals surface area contributed by atoms with Gasteiger partial charge in [-0.2, -0.15) is 0 Å². The van der Waals surface area contributed by atoms with Crippen molar-refractivity contribution in [2.75, 3.05) is 0 Å². The number of hydrogen-bond donors (Lipinski definition) is 0. The molecule has 0 saturated heterocycles. The molecule has 0 aromatic rings. The Bertz CT molecular complexity index is 438. The van der Waals surface area contributed by atoms with Crippen LogP contribution in [-0.4, -0.2) is 44.2 Å². The van der Waals surface area contributed by atoms with Crippen LogP contribution < -0.4 is 0 Å². The van der Waals surface area contributed by atoms with E-state index in [0.717, 1.165) is 0 Å². The molecular formula is C21H48O7SiTi. The molecule has 0 fully saturated rings. The molecule has 0 aromatic carbocycles. The van der Waals surface area contributed by atoms with Crippen molar-refractivity contribution in [2.45, 2.75) is 139 Å². The molecule has 0 aliphatic carbocycles. The maximum atomic E-state index is 6.68. The fourth-order valence-electron chi connectivity index (χ4n) is 2.42. The normalized spacial score (nSPS) is 15.0. The van der Waals surface area contributed by atoms with Gasteiger partial charge in [0.1, 0.15) is 0 Å². The molecule has 0 unspecified atom stereocenters. The van der Waals surface area contributed by atoms with Gasteiger partial charge in [0.05, 0.1) is 0 Å². The summed E-state index contributed by atoms with van der Waals surface area (Å²) in [5.74, 6) is 0. The Balaban J connectivity index is 6.63. The van der Waals surface area contributed by atoms with Gasteiger partial charge < -0.3 is 0 Å². The van der Waals surface area contributed by atoms with Crippen molar-refractivity contribution in [2.24, 2.45) is 0 Å². The number of hydrogen-bond acceptors (Lipinski definition) is 7. The van der Waals surface area contributed by atoms with Gasteiger partial charge in [0.2, 0.25) is 0 Å². The molecule has 0 N–H and O–H groups in total. The second kappa shape index (κ2) is 11.2. The molecule has 0 atom stereocenters. The second-order valence-corrected chi connectivity index (χ2v) is 16.7. The van der Waals surface area contributed by atoms with E-state index < -0.39 is 44.0 Å². The Morgan fingerprint density at radius 1 is 0.500 bits per heavy atom. The van der Waals surface area contributed by atoms with Gasteiger partial charge in [-0.05, 0) is 0 Å². The summed E-state index contributed by atoms with van der Waals surface area (Å²) < 4.78 is 44.9. The van der Waals surface area contributed by atoms with Crippen LogP contribution in [0.2, 0.25) is 0 Å². The fraction of sp³-hybridized carbons (Fsp3) is 1.00. The molecule has 0 amide bonds. The zero-order valence-electron chi connectivity index (χ0n) is 22.1. The molecule has 0 rings (SSSR count). The summed E-state index contributed by atoms with van der Waals surface area (Å²) in [5.41, 5.74) is -1.78. The van der Waals surface area contributed by atoms with E-state index in [9.17, 15) is 0 Å². The summed E-state index contributed by atoms with van der Waals surface area (Å²) >= 11 is -4.39. The second-order valence-electron chi connectivity index (χ2n) is 11.2. The van der Waals surface area contributed by atoms with E-state index in [-0.39, 0.29) is 18.3 Å². The van der Waals surface area contributed by atoms with E-state index in [1.807, 2.05) is 104 Å². The minimum atomic E-state index is -4.39. The molecule has 0 radical (unpaired) electrons. The maximum absolute atomic E-state index is 6.68. The van der Waals surface area contributed by atoms with E-state index in [1.165, 1.54) is 0 Å². The van der Waals surface area contributed by atoms with Gasteiger partial charge in [-0.1, -0.05) is 0 Å². The first-order chi connectivity index (χ1) is 13.1. The first-order valence-corrected chi connectivity index (χ1v) is 15.1. The molecule has 0 saturated carbocycles. The van der Waals surface area contributed by atoms with Crippen LogP contribution in [0.15, 0.2) is 0 Å². The first kappa shape index (κ1) is 30.7. The van der Waals surface area contributed by atoms with Gasteiger partial charge in [0, 0.05) is 0 Å². The molecule has 30 heavy (non-hydrogen) atoms. The topological polar surface area (TPSA) is 64.6 Å². The molecule has 182 valence electrons.